The molecule has 0 bridgehead atoms. The van der Waals surface area contributed by atoms with E-state index in [1.807, 2.05) is 30.2 Å². The molecule has 2 heterocycles. The van der Waals surface area contributed by atoms with Gasteiger partial charge in [0.25, 0.3) is 0 Å². The summed E-state index contributed by atoms with van der Waals surface area (Å²) < 4.78 is 7.55. The summed E-state index contributed by atoms with van der Waals surface area (Å²) in [7, 11) is 1.92. The number of aromatic nitrogens is 3. The first kappa shape index (κ1) is 13.5. The number of nitrogens with zero attached hydrogens (tertiary/aromatic N) is 3. The summed E-state index contributed by atoms with van der Waals surface area (Å²) in [5.74, 6) is 0.787. The van der Waals surface area contributed by atoms with Gasteiger partial charge in [-0.2, -0.15) is 5.10 Å². The number of nitrogens with one attached hydrogen (secondary N) is 1. The largest absolute Gasteiger partial charge is 0.484 e. The molecule has 0 saturated carbocycles. The van der Waals surface area contributed by atoms with Gasteiger partial charge < -0.3 is 10.1 Å². The summed E-state index contributed by atoms with van der Waals surface area (Å²) in [5, 5.41) is 7.31. The maximum absolute atomic E-state index is 5.66. The molecule has 0 aliphatic heterocycles. The van der Waals surface area contributed by atoms with Gasteiger partial charge in [-0.15, -0.1) is 0 Å². The molecule has 0 fully saturated rings. The van der Waals surface area contributed by atoms with Crippen molar-refractivity contribution in [2.45, 2.75) is 33.0 Å². The number of aryl methyl sites for hydroxylation is 1. The van der Waals surface area contributed by atoms with Gasteiger partial charge in [0.2, 0.25) is 0 Å². The molecule has 2 aromatic rings. The van der Waals surface area contributed by atoms with Crippen LogP contribution < -0.4 is 10.1 Å². The molecule has 0 unspecified atom stereocenters. The predicted octanol–water partition coefficient (Wildman–Crippen LogP) is 1.99. The second kappa shape index (κ2) is 6.89. The lowest BCUT2D eigenvalue weighted by Gasteiger charge is -2.04. The van der Waals surface area contributed by atoms with Crippen molar-refractivity contribution < 1.29 is 4.74 Å². The third-order valence-corrected chi connectivity index (χ3v) is 2.72. The van der Waals surface area contributed by atoms with E-state index in [-0.39, 0.29) is 0 Å². The Hall–Kier alpha value is -1.88. The predicted molar refractivity (Wildman–Crippen MR) is 73.9 cm³/mol. The molecule has 0 amide bonds. The summed E-state index contributed by atoms with van der Waals surface area (Å²) in [6, 6.07) is 4.05. The monoisotopic (exact) mass is 260 g/mol. The van der Waals surface area contributed by atoms with E-state index >= 15 is 0 Å². The minimum Gasteiger partial charge on any atom is -0.484 e. The summed E-state index contributed by atoms with van der Waals surface area (Å²) in [6.07, 6.45) is 6.59. The highest BCUT2D eigenvalue weighted by Crippen LogP contribution is 2.11. The Bertz CT molecular complexity index is 492. The zero-order chi connectivity index (χ0) is 13.5. The fraction of sp³-hybridized carbons (Fsp3) is 0.429. The van der Waals surface area contributed by atoms with E-state index in [0.29, 0.717) is 6.61 Å². The van der Waals surface area contributed by atoms with Crippen LogP contribution in [0, 0.1) is 0 Å². The van der Waals surface area contributed by atoms with Crippen molar-refractivity contribution in [3.05, 3.63) is 42.0 Å². The van der Waals surface area contributed by atoms with Crippen LogP contribution in [0.4, 0.5) is 0 Å². The third-order valence-electron chi connectivity index (χ3n) is 2.72. The van der Waals surface area contributed by atoms with Crippen LogP contribution >= 0.6 is 0 Å². The molecule has 19 heavy (non-hydrogen) atoms. The number of hydrogen-bond acceptors (Lipinski definition) is 4. The van der Waals surface area contributed by atoms with E-state index < -0.39 is 0 Å². The highest BCUT2D eigenvalue weighted by molar-refractivity contribution is 5.15. The van der Waals surface area contributed by atoms with Gasteiger partial charge in [-0.3, -0.25) is 9.67 Å². The summed E-state index contributed by atoms with van der Waals surface area (Å²) in [6.45, 7) is 4.34. The molecule has 1 N–H and O–H groups in total. The van der Waals surface area contributed by atoms with E-state index in [2.05, 4.69) is 28.4 Å². The van der Waals surface area contributed by atoms with Crippen LogP contribution in [0.5, 0.6) is 5.75 Å². The topological polar surface area (TPSA) is 52.0 Å². The maximum atomic E-state index is 5.66. The summed E-state index contributed by atoms with van der Waals surface area (Å²) in [5.41, 5.74) is 2.09. The Balaban J connectivity index is 1.86. The molecule has 102 valence electrons. The highest BCUT2D eigenvalue weighted by atomic mass is 16.5. The van der Waals surface area contributed by atoms with E-state index in [1.165, 1.54) is 5.56 Å². The first-order valence-electron chi connectivity index (χ1n) is 6.55. The molecular formula is C14H20N4O. The molecule has 5 nitrogen and oxygen atoms in total. The smallest absolute Gasteiger partial charge is 0.157 e. The fourth-order valence-corrected chi connectivity index (χ4v) is 1.78. The van der Waals surface area contributed by atoms with Crippen molar-refractivity contribution in [2.75, 3.05) is 7.05 Å². The zero-order valence-electron chi connectivity index (χ0n) is 11.5. The second-order valence-electron chi connectivity index (χ2n) is 4.42. The summed E-state index contributed by atoms with van der Waals surface area (Å²) in [4.78, 5) is 4.36. The highest BCUT2D eigenvalue weighted by Gasteiger charge is 2.01. The van der Waals surface area contributed by atoms with Gasteiger partial charge in [-0.1, -0.05) is 13.0 Å². The van der Waals surface area contributed by atoms with Crippen LogP contribution in [-0.2, 0) is 19.7 Å². The van der Waals surface area contributed by atoms with Crippen LogP contribution in [0.15, 0.2) is 30.7 Å². The quantitative estimate of drug-likeness (QED) is 0.827. The Morgan fingerprint density at radius 3 is 2.89 bits per heavy atom. The van der Waals surface area contributed by atoms with Gasteiger partial charge in [0, 0.05) is 19.3 Å². The number of ether oxygens (including phenoxy) is 1. The van der Waals surface area contributed by atoms with E-state index in [1.54, 1.807) is 6.20 Å². The van der Waals surface area contributed by atoms with E-state index in [0.717, 1.165) is 31.0 Å². The van der Waals surface area contributed by atoms with Crippen LogP contribution in [0.3, 0.4) is 0 Å². The first-order chi connectivity index (χ1) is 9.31. The van der Waals surface area contributed by atoms with Crippen molar-refractivity contribution in [2.24, 2.45) is 0 Å². The normalized spacial score (nSPS) is 10.6. The van der Waals surface area contributed by atoms with Crippen LogP contribution in [-0.4, -0.2) is 21.8 Å². The molecule has 0 aromatic carbocycles. The average molecular weight is 260 g/mol. The molecule has 2 aromatic heterocycles. The van der Waals surface area contributed by atoms with Crippen molar-refractivity contribution in [3.63, 3.8) is 0 Å². The molecule has 0 aliphatic rings. The summed E-state index contributed by atoms with van der Waals surface area (Å²) >= 11 is 0. The number of rotatable bonds is 7. The minimum absolute atomic E-state index is 0.470. The molecule has 2 rings (SSSR count). The SMILES string of the molecule is CCCn1cc(OCc2ccc(CNC)cn2)cn1. The second-order valence-corrected chi connectivity index (χ2v) is 4.42. The van der Waals surface area contributed by atoms with E-state index in [9.17, 15) is 0 Å². The number of pyridine rings is 1. The van der Waals surface area contributed by atoms with Gasteiger partial charge in [0.05, 0.1) is 18.1 Å². The van der Waals surface area contributed by atoms with Gasteiger partial charge in [-0.25, -0.2) is 0 Å². The minimum atomic E-state index is 0.470. The molecule has 0 spiro atoms. The van der Waals surface area contributed by atoms with Crippen LogP contribution in [0.1, 0.15) is 24.6 Å². The van der Waals surface area contributed by atoms with Crippen molar-refractivity contribution in [1.29, 1.82) is 0 Å². The first-order valence-corrected chi connectivity index (χ1v) is 6.55. The Labute approximate surface area is 113 Å². The molecule has 5 heteroatoms. The van der Waals surface area contributed by atoms with Crippen LogP contribution in [0.25, 0.3) is 0 Å². The third kappa shape index (κ3) is 4.06. The fourth-order valence-electron chi connectivity index (χ4n) is 1.78. The Morgan fingerprint density at radius 1 is 1.32 bits per heavy atom. The van der Waals surface area contributed by atoms with Crippen LogP contribution in [0.2, 0.25) is 0 Å². The molecule has 0 aliphatic carbocycles. The number of hydrogen-bond donors (Lipinski definition) is 1. The van der Waals surface area contributed by atoms with E-state index in [4.69, 9.17) is 4.74 Å². The molecule has 0 radical (unpaired) electrons. The molecule has 0 saturated heterocycles. The Morgan fingerprint density at radius 2 is 2.21 bits per heavy atom. The molecular weight excluding hydrogens is 240 g/mol. The van der Waals surface area contributed by atoms with Crippen molar-refractivity contribution in [1.82, 2.24) is 20.1 Å². The van der Waals surface area contributed by atoms with Crippen molar-refractivity contribution in [3.8, 4) is 5.75 Å². The van der Waals surface area contributed by atoms with Gasteiger partial charge in [-0.05, 0) is 25.1 Å². The van der Waals surface area contributed by atoms with Gasteiger partial charge in [0.15, 0.2) is 5.75 Å². The Kier molecular flexibility index (Phi) is 4.92. The maximum Gasteiger partial charge on any atom is 0.157 e. The molecule has 0 atom stereocenters. The van der Waals surface area contributed by atoms with Crippen molar-refractivity contribution >= 4 is 0 Å². The van der Waals surface area contributed by atoms with Gasteiger partial charge in [0.1, 0.15) is 6.61 Å². The lowest BCUT2D eigenvalue weighted by Crippen LogP contribution is -2.06. The zero-order valence-corrected chi connectivity index (χ0v) is 11.5. The lowest BCUT2D eigenvalue weighted by atomic mass is 10.2. The van der Waals surface area contributed by atoms with Gasteiger partial charge >= 0.3 is 0 Å². The average Bonchev–Trinajstić information content (AvgIpc) is 2.87. The lowest BCUT2D eigenvalue weighted by molar-refractivity contribution is 0.301. The standard InChI is InChI=1S/C14H20N4O/c1-3-6-18-10-14(9-17-18)19-11-13-5-4-12(7-15-2)8-16-13/h4-5,8-10,15H,3,6-7,11H2,1-2H3.